The molecule has 1 saturated heterocycles. The molecule has 1 aromatic rings. The molecule has 0 aliphatic carbocycles. The Morgan fingerprint density at radius 1 is 1.26 bits per heavy atom. The summed E-state index contributed by atoms with van der Waals surface area (Å²) in [6.45, 7) is 6.97. The Morgan fingerprint density at radius 3 is 2.65 bits per heavy atom. The average molecular weight is 499 g/mol. The molecule has 0 bridgehead atoms. The van der Waals surface area contributed by atoms with Crippen LogP contribution in [0.4, 0.5) is 0 Å². The Kier molecular flexibility index (Phi) is 11.7. The molecule has 0 saturated carbocycles. The molecular weight excluding hydrogens is 464 g/mol. The van der Waals surface area contributed by atoms with Crippen molar-refractivity contribution in [2.45, 2.75) is 33.0 Å². The van der Waals surface area contributed by atoms with Crippen molar-refractivity contribution in [1.29, 1.82) is 0 Å². The smallest absolute Gasteiger partial charge is 0.335 e. The Labute approximate surface area is 201 Å². The van der Waals surface area contributed by atoms with Crippen LogP contribution in [0, 0.1) is 5.41 Å². The first kappa shape index (κ1) is 28.0. The highest BCUT2D eigenvalue weighted by molar-refractivity contribution is 7.86. The van der Waals surface area contributed by atoms with Gasteiger partial charge >= 0.3 is 5.97 Å². The molecule has 1 fully saturated rings. The summed E-state index contributed by atoms with van der Waals surface area (Å²) in [6, 6.07) is 9.36. The van der Waals surface area contributed by atoms with E-state index in [1.165, 1.54) is 0 Å². The predicted octanol–water partition coefficient (Wildman–Crippen LogP) is 2.52. The fraction of sp³-hybridized carbons (Fsp3) is 0.682. The third-order valence-corrected chi connectivity index (χ3v) is 6.53. The van der Waals surface area contributed by atoms with E-state index in [0.717, 1.165) is 18.7 Å². The van der Waals surface area contributed by atoms with Crippen molar-refractivity contribution < 1.29 is 31.6 Å². The van der Waals surface area contributed by atoms with Crippen molar-refractivity contribution in [2.24, 2.45) is 10.5 Å². The number of carbonyl (C=O) groups is 1. The van der Waals surface area contributed by atoms with Crippen LogP contribution in [0.1, 0.15) is 25.8 Å². The number of azide groups is 1. The molecule has 0 spiro atoms. The molecule has 190 valence electrons. The van der Waals surface area contributed by atoms with Crippen LogP contribution in [-0.2, 0) is 39.9 Å². The first-order valence-electron chi connectivity index (χ1n) is 11.2. The van der Waals surface area contributed by atoms with E-state index in [4.69, 9.17) is 23.9 Å². The van der Waals surface area contributed by atoms with Crippen molar-refractivity contribution >= 4 is 16.1 Å². The largest absolute Gasteiger partial charge is 0.462 e. The summed E-state index contributed by atoms with van der Waals surface area (Å²) in [4.78, 5) is 17.7. The van der Waals surface area contributed by atoms with Gasteiger partial charge in [-0.05, 0) is 17.5 Å². The summed E-state index contributed by atoms with van der Waals surface area (Å²) in [5, 5.41) is 3.32. The average Bonchev–Trinajstić information content (AvgIpc) is 2.82. The van der Waals surface area contributed by atoms with Gasteiger partial charge in [0.2, 0.25) is 0 Å². The highest BCUT2D eigenvalue weighted by Gasteiger charge is 2.39. The van der Waals surface area contributed by atoms with Crippen LogP contribution < -0.4 is 0 Å². The van der Waals surface area contributed by atoms with Gasteiger partial charge in [-0.3, -0.25) is 9.08 Å². The Morgan fingerprint density at radius 2 is 1.97 bits per heavy atom. The summed E-state index contributed by atoms with van der Waals surface area (Å²) < 4.78 is 46.4. The number of esters is 1. The van der Waals surface area contributed by atoms with E-state index in [2.05, 4.69) is 14.9 Å². The van der Waals surface area contributed by atoms with Crippen LogP contribution in [0.15, 0.2) is 35.4 Å². The Hall–Kier alpha value is -2.21. The van der Waals surface area contributed by atoms with Crippen molar-refractivity contribution in [3.63, 3.8) is 0 Å². The van der Waals surface area contributed by atoms with Crippen molar-refractivity contribution in [3.05, 3.63) is 46.3 Å². The number of hydrogen-bond acceptors (Lipinski definition) is 9. The molecule has 12 heteroatoms. The molecule has 0 radical (unpaired) electrons. The highest BCUT2D eigenvalue weighted by Crippen LogP contribution is 2.27. The van der Waals surface area contributed by atoms with Gasteiger partial charge in [0.05, 0.1) is 32.2 Å². The van der Waals surface area contributed by atoms with Crippen molar-refractivity contribution in [2.75, 3.05) is 58.4 Å². The van der Waals surface area contributed by atoms with Crippen LogP contribution in [0.2, 0.25) is 0 Å². The standard InChI is InChI=1S/C22H34N4O7S/c1-22(2,18-33-34(28,29)16-6-9-24-25-23)20(32-17-19-7-4-3-5-8-19)21(27)31-15-12-26-10-13-30-14-11-26/h3-5,7-8,20H,6,9-18H2,1-2H3/t20-/m0/s1. The first-order chi connectivity index (χ1) is 16.2. The molecule has 1 aromatic carbocycles. The summed E-state index contributed by atoms with van der Waals surface area (Å²) >= 11 is 0. The predicted molar refractivity (Wildman–Crippen MR) is 125 cm³/mol. The molecule has 1 heterocycles. The van der Waals surface area contributed by atoms with E-state index in [-0.39, 0.29) is 38.5 Å². The lowest BCUT2D eigenvalue weighted by Crippen LogP contribution is -2.44. The molecule has 2 rings (SSSR count). The molecule has 1 aliphatic heterocycles. The van der Waals surface area contributed by atoms with Crippen LogP contribution >= 0.6 is 0 Å². The van der Waals surface area contributed by atoms with Gasteiger partial charge in [-0.25, -0.2) is 4.79 Å². The lowest BCUT2D eigenvalue weighted by molar-refractivity contribution is -0.169. The minimum absolute atomic E-state index is 0.0563. The minimum Gasteiger partial charge on any atom is -0.462 e. The molecule has 0 amide bonds. The minimum atomic E-state index is -3.86. The number of benzene rings is 1. The van der Waals surface area contributed by atoms with Gasteiger partial charge in [0, 0.05) is 36.5 Å². The second kappa shape index (κ2) is 14.2. The van der Waals surface area contributed by atoms with E-state index < -0.39 is 27.6 Å². The number of nitrogens with zero attached hydrogens (tertiary/aromatic N) is 4. The van der Waals surface area contributed by atoms with Gasteiger partial charge in [0.1, 0.15) is 6.61 Å². The summed E-state index contributed by atoms with van der Waals surface area (Å²) in [7, 11) is -3.86. The molecule has 34 heavy (non-hydrogen) atoms. The molecular formula is C22H34N4O7S. The third-order valence-electron chi connectivity index (χ3n) is 5.27. The molecule has 11 nitrogen and oxygen atoms in total. The topological polar surface area (TPSA) is 140 Å². The SMILES string of the molecule is CC(C)(COS(=O)(=O)CCCN=[N+]=[N-])[C@@H](OCc1ccccc1)C(=O)OCCN1CCOCC1. The van der Waals surface area contributed by atoms with Gasteiger partial charge < -0.3 is 14.2 Å². The number of carbonyl (C=O) groups excluding carboxylic acids is 1. The number of hydrogen-bond donors (Lipinski definition) is 0. The van der Waals surface area contributed by atoms with E-state index in [9.17, 15) is 13.2 Å². The Bertz CT molecular complexity index is 899. The fourth-order valence-corrected chi connectivity index (χ4v) is 4.36. The second-order valence-corrected chi connectivity index (χ2v) is 10.4. The zero-order chi connectivity index (χ0) is 24.9. The van der Waals surface area contributed by atoms with Crippen molar-refractivity contribution in [3.8, 4) is 0 Å². The zero-order valence-electron chi connectivity index (χ0n) is 19.8. The maximum absolute atomic E-state index is 13.0. The summed E-state index contributed by atoms with van der Waals surface area (Å²) in [5.41, 5.74) is 8.17. The lowest BCUT2D eigenvalue weighted by Gasteiger charge is -2.32. The maximum atomic E-state index is 13.0. The van der Waals surface area contributed by atoms with Crippen LogP contribution in [0.3, 0.4) is 0 Å². The molecule has 0 unspecified atom stereocenters. The summed E-state index contributed by atoms with van der Waals surface area (Å²) in [6.07, 6.45) is -0.902. The second-order valence-electron chi connectivity index (χ2n) is 8.62. The van der Waals surface area contributed by atoms with Gasteiger partial charge in [-0.2, -0.15) is 8.42 Å². The maximum Gasteiger partial charge on any atom is 0.335 e. The first-order valence-corrected chi connectivity index (χ1v) is 12.8. The molecule has 1 aliphatic rings. The Balaban J connectivity index is 1.98. The highest BCUT2D eigenvalue weighted by atomic mass is 32.2. The molecule has 0 aromatic heterocycles. The van der Waals surface area contributed by atoms with E-state index in [0.29, 0.717) is 19.8 Å². The van der Waals surface area contributed by atoms with Gasteiger partial charge in [0.25, 0.3) is 10.1 Å². The number of morpholine rings is 1. The number of ether oxygens (including phenoxy) is 3. The van der Waals surface area contributed by atoms with Crippen LogP contribution in [-0.4, -0.2) is 83.8 Å². The fourth-order valence-electron chi connectivity index (χ4n) is 3.28. The van der Waals surface area contributed by atoms with E-state index in [1.807, 2.05) is 30.3 Å². The van der Waals surface area contributed by atoms with Crippen LogP contribution in [0.25, 0.3) is 10.4 Å². The van der Waals surface area contributed by atoms with Crippen molar-refractivity contribution in [1.82, 2.24) is 4.90 Å². The van der Waals surface area contributed by atoms with Gasteiger partial charge in [0.15, 0.2) is 6.10 Å². The summed E-state index contributed by atoms with van der Waals surface area (Å²) in [5.74, 6) is -0.861. The quantitative estimate of drug-likeness (QED) is 0.0897. The van der Waals surface area contributed by atoms with Crippen LogP contribution in [0.5, 0.6) is 0 Å². The third kappa shape index (κ3) is 10.4. The number of rotatable bonds is 15. The molecule has 1 atom stereocenters. The monoisotopic (exact) mass is 498 g/mol. The lowest BCUT2D eigenvalue weighted by atomic mass is 9.87. The van der Waals surface area contributed by atoms with E-state index in [1.54, 1.807) is 13.8 Å². The molecule has 0 N–H and O–H groups in total. The normalized spacial score (nSPS) is 15.9. The zero-order valence-corrected chi connectivity index (χ0v) is 20.6. The van der Waals surface area contributed by atoms with Gasteiger partial charge in [-0.1, -0.05) is 49.3 Å². The van der Waals surface area contributed by atoms with Gasteiger partial charge in [-0.15, -0.1) is 0 Å². The van der Waals surface area contributed by atoms with E-state index >= 15 is 0 Å².